The molecule has 0 fully saturated rings. The lowest BCUT2D eigenvalue weighted by molar-refractivity contribution is 1.39. The molecule has 0 aliphatic heterocycles. The summed E-state index contributed by atoms with van der Waals surface area (Å²) in [4.78, 5) is 0. The minimum atomic E-state index is -0.290. The van der Waals surface area contributed by atoms with Gasteiger partial charge in [-0.15, -0.1) is 0 Å². The topological polar surface area (TPSA) is 59.7 Å². The van der Waals surface area contributed by atoms with E-state index in [1.807, 2.05) is 42.5 Å². The Bertz CT molecular complexity index is 471. The number of hydrogen-bond donors (Lipinski definition) is 2. The number of nitrogens with one attached hydrogen (secondary N) is 3. The van der Waals surface area contributed by atoms with E-state index in [4.69, 9.17) is 11.1 Å². The Morgan fingerprint density at radius 1 is 1.00 bits per heavy atom. The lowest BCUT2D eigenvalue weighted by atomic mass is 10.1. The van der Waals surface area contributed by atoms with Crippen LogP contribution in [0.5, 0.6) is 0 Å². The molecule has 0 aliphatic carbocycles. The van der Waals surface area contributed by atoms with Crippen molar-refractivity contribution >= 4 is 22.4 Å². The Morgan fingerprint density at radius 2 is 1.71 bits per heavy atom. The Morgan fingerprint density at radius 3 is 2.50 bits per heavy atom. The third kappa shape index (κ3) is 1.52. The van der Waals surface area contributed by atoms with Crippen molar-refractivity contribution in [2.24, 2.45) is 0 Å². The van der Waals surface area contributed by atoms with E-state index in [1.165, 1.54) is 0 Å². The molecule has 3 N–H and O–H groups in total. The molecule has 0 bridgehead atoms. The van der Waals surface area contributed by atoms with Crippen LogP contribution in [-0.4, -0.2) is 5.96 Å². The van der Waals surface area contributed by atoms with Crippen molar-refractivity contribution in [1.29, 1.82) is 5.41 Å². The van der Waals surface area contributed by atoms with E-state index in [0.29, 0.717) is 0 Å². The third-order valence-electron chi connectivity index (χ3n) is 2.05. The molecule has 0 heterocycles. The maximum atomic E-state index is 7.06. The third-order valence-corrected chi connectivity index (χ3v) is 2.05. The summed E-state index contributed by atoms with van der Waals surface area (Å²) in [5, 5.41) is 11.9. The number of benzene rings is 2. The number of fused-ring (bicyclic) bond motifs is 1. The van der Waals surface area contributed by atoms with Gasteiger partial charge in [-0.25, -0.2) is 0 Å². The van der Waals surface area contributed by atoms with Gasteiger partial charge in [-0.2, -0.15) is 0 Å². The molecule has 0 aromatic heterocycles. The second kappa shape index (κ2) is 3.38. The molecule has 0 saturated heterocycles. The predicted molar refractivity (Wildman–Crippen MR) is 58.4 cm³/mol. The second-order valence-electron chi connectivity index (χ2n) is 3.03. The van der Waals surface area contributed by atoms with Crippen LogP contribution < -0.4 is 11.1 Å². The van der Waals surface area contributed by atoms with E-state index in [-0.39, 0.29) is 5.96 Å². The van der Waals surface area contributed by atoms with Gasteiger partial charge in [0, 0.05) is 11.1 Å². The molecule has 0 amide bonds. The first-order valence-electron chi connectivity index (χ1n) is 4.32. The monoisotopic (exact) mass is 184 g/mol. The van der Waals surface area contributed by atoms with E-state index in [9.17, 15) is 0 Å². The smallest absolute Gasteiger partial charge is 0.212 e. The Kier molecular flexibility index (Phi) is 2.07. The minimum absolute atomic E-state index is 0.290. The van der Waals surface area contributed by atoms with Crippen LogP contribution >= 0.6 is 0 Å². The normalized spacial score (nSPS) is 10.0. The summed E-state index contributed by atoms with van der Waals surface area (Å²) >= 11 is 0. The second-order valence-corrected chi connectivity index (χ2v) is 3.03. The molecule has 0 saturated carbocycles. The van der Waals surface area contributed by atoms with Gasteiger partial charge in [0.15, 0.2) is 0 Å². The van der Waals surface area contributed by atoms with Gasteiger partial charge in [0.2, 0.25) is 5.96 Å². The van der Waals surface area contributed by atoms with E-state index in [1.54, 1.807) is 0 Å². The first-order chi connectivity index (χ1) is 6.77. The van der Waals surface area contributed by atoms with Crippen LogP contribution in [0.3, 0.4) is 0 Å². The maximum Gasteiger partial charge on any atom is 0.212 e. The molecule has 0 spiro atoms. The number of anilines is 1. The molecule has 2 aromatic rings. The van der Waals surface area contributed by atoms with Crippen LogP contribution in [0.1, 0.15) is 0 Å². The highest BCUT2D eigenvalue weighted by molar-refractivity contribution is 6.01. The summed E-state index contributed by atoms with van der Waals surface area (Å²) in [6.07, 6.45) is 0. The number of guanidine groups is 1. The van der Waals surface area contributed by atoms with Crippen molar-refractivity contribution in [3.8, 4) is 0 Å². The van der Waals surface area contributed by atoms with Crippen LogP contribution in [-0.2, 0) is 0 Å². The van der Waals surface area contributed by atoms with E-state index < -0.39 is 0 Å². The molecular weight excluding hydrogens is 174 g/mol. The fourth-order valence-electron chi connectivity index (χ4n) is 1.47. The van der Waals surface area contributed by atoms with Gasteiger partial charge in [-0.1, -0.05) is 36.4 Å². The Labute approximate surface area is 82.1 Å². The largest absolute Gasteiger partial charge is 0.325 e. The molecule has 3 nitrogen and oxygen atoms in total. The predicted octanol–water partition coefficient (Wildman–Crippen LogP) is 2.47. The fraction of sp³-hybridized carbons (Fsp3) is 0. The lowest BCUT2D eigenvalue weighted by Crippen LogP contribution is -2.10. The van der Waals surface area contributed by atoms with Gasteiger partial charge in [-0.05, 0) is 11.5 Å². The fourth-order valence-corrected chi connectivity index (χ4v) is 1.47. The van der Waals surface area contributed by atoms with E-state index in [0.717, 1.165) is 16.5 Å². The Balaban J connectivity index is 2.59. The zero-order valence-corrected chi connectivity index (χ0v) is 7.54. The zero-order valence-electron chi connectivity index (χ0n) is 7.54. The van der Waals surface area contributed by atoms with Crippen LogP contribution in [0.15, 0.2) is 42.5 Å². The van der Waals surface area contributed by atoms with Crippen molar-refractivity contribution in [1.82, 2.24) is 5.73 Å². The van der Waals surface area contributed by atoms with Crippen molar-refractivity contribution < 1.29 is 0 Å². The number of hydrogen-bond acceptors (Lipinski definition) is 1. The lowest BCUT2D eigenvalue weighted by Gasteiger charge is -2.06. The molecule has 3 heteroatoms. The average molecular weight is 184 g/mol. The van der Waals surface area contributed by atoms with Crippen LogP contribution in [0.2, 0.25) is 0 Å². The van der Waals surface area contributed by atoms with Gasteiger partial charge in [0.25, 0.3) is 0 Å². The highest BCUT2D eigenvalue weighted by atomic mass is 15.0. The molecule has 0 aliphatic rings. The summed E-state index contributed by atoms with van der Waals surface area (Å²) < 4.78 is 0. The molecular formula is C11H10N3. The van der Waals surface area contributed by atoms with E-state index in [2.05, 4.69) is 5.32 Å². The molecule has 0 atom stereocenters. The molecule has 1 radical (unpaired) electrons. The Hall–Kier alpha value is -2.03. The van der Waals surface area contributed by atoms with Crippen molar-refractivity contribution in [3.05, 3.63) is 42.5 Å². The van der Waals surface area contributed by atoms with Crippen LogP contribution in [0.4, 0.5) is 5.69 Å². The molecule has 2 rings (SSSR count). The summed E-state index contributed by atoms with van der Waals surface area (Å²) in [6.45, 7) is 0. The molecule has 0 unspecified atom stereocenters. The highest BCUT2D eigenvalue weighted by Gasteiger charge is 1.99. The van der Waals surface area contributed by atoms with E-state index >= 15 is 0 Å². The standard InChI is InChI=1S/C11H10N3/c12-11(13)14-10-7-3-5-8-4-1-2-6-9(8)10/h1-7,12H,(H2,13,14). The van der Waals surface area contributed by atoms with Gasteiger partial charge in [-0.3, -0.25) is 11.1 Å². The first kappa shape index (κ1) is 8.56. The van der Waals surface area contributed by atoms with Crippen molar-refractivity contribution in [2.45, 2.75) is 0 Å². The SMILES string of the molecule is [NH]C(=N)Nc1cccc2ccccc12. The van der Waals surface area contributed by atoms with Crippen LogP contribution in [0.25, 0.3) is 10.8 Å². The van der Waals surface area contributed by atoms with Crippen molar-refractivity contribution in [3.63, 3.8) is 0 Å². The minimum Gasteiger partial charge on any atom is -0.325 e. The van der Waals surface area contributed by atoms with Crippen molar-refractivity contribution in [2.75, 3.05) is 5.32 Å². The summed E-state index contributed by atoms with van der Waals surface area (Å²) in [5.41, 5.74) is 7.87. The zero-order chi connectivity index (χ0) is 9.97. The maximum absolute atomic E-state index is 7.06. The summed E-state index contributed by atoms with van der Waals surface area (Å²) in [5.74, 6) is -0.290. The molecule has 14 heavy (non-hydrogen) atoms. The van der Waals surface area contributed by atoms with Gasteiger partial charge in [0.05, 0.1) is 0 Å². The quantitative estimate of drug-likeness (QED) is 0.519. The average Bonchev–Trinajstić information content (AvgIpc) is 2.18. The van der Waals surface area contributed by atoms with Gasteiger partial charge < -0.3 is 5.32 Å². The molecule has 2 aromatic carbocycles. The summed E-state index contributed by atoms with van der Waals surface area (Å²) in [6, 6.07) is 13.7. The highest BCUT2D eigenvalue weighted by Crippen LogP contribution is 2.22. The van der Waals surface area contributed by atoms with Crippen LogP contribution in [0, 0.1) is 5.41 Å². The first-order valence-corrected chi connectivity index (χ1v) is 4.32. The number of rotatable bonds is 1. The van der Waals surface area contributed by atoms with Gasteiger partial charge >= 0.3 is 0 Å². The molecule has 69 valence electrons. The summed E-state index contributed by atoms with van der Waals surface area (Å²) in [7, 11) is 0. The van der Waals surface area contributed by atoms with Gasteiger partial charge in [0.1, 0.15) is 0 Å².